The van der Waals surface area contributed by atoms with Crippen molar-refractivity contribution in [3.63, 3.8) is 0 Å². The number of hydrogen-bond acceptors (Lipinski definition) is 10. The summed E-state index contributed by atoms with van der Waals surface area (Å²) in [6.45, 7) is -0.624. The first kappa shape index (κ1) is 19.4. The molecule has 2 aliphatic rings. The standard InChI is InChI=1S/C12H21BrO10/c13-1-3-5(15)7(17)9(19)12(22-3)23-10-8(18)6(16)4(2-14)21-11(10)20/h3-12,14-20H,1-2H2/t3-,4-,5-,6-,7+,8+,9-,10-,11+,12-/m1/s1. The minimum absolute atomic E-state index is 0.138. The second-order valence-electron chi connectivity index (χ2n) is 5.50. The fraction of sp³-hybridized carbons (Fsp3) is 1.00. The summed E-state index contributed by atoms with van der Waals surface area (Å²) in [5, 5.41) is 68.2. The van der Waals surface area contributed by atoms with Crippen molar-refractivity contribution in [1.29, 1.82) is 0 Å². The molecule has 0 unspecified atom stereocenters. The molecule has 0 aromatic rings. The number of hydrogen-bond donors (Lipinski definition) is 7. The van der Waals surface area contributed by atoms with Gasteiger partial charge in [0, 0.05) is 5.33 Å². The van der Waals surface area contributed by atoms with Gasteiger partial charge in [0.05, 0.1) is 12.7 Å². The van der Waals surface area contributed by atoms with E-state index in [9.17, 15) is 30.6 Å². The minimum atomic E-state index is -1.70. The molecule has 2 heterocycles. The summed E-state index contributed by atoms with van der Waals surface area (Å²) in [6, 6.07) is 0. The molecule has 0 aliphatic carbocycles. The Morgan fingerprint density at radius 2 is 1.39 bits per heavy atom. The van der Waals surface area contributed by atoms with Crippen molar-refractivity contribution in [2.75, 3.05) is 11.9 Å². The van der Waals surface area contributed by atoms with Gasteiger partial charge in [-0.1, -0.05) is 15.9 Å². The van der Waals surface area contributed by atoms with Crippen molar-refractivity contribution in [1.82, 2.24) is 0 Å². The predicted molar refractivity (Wildman–Crippen MR) is 75.3 cm³/mol. The van der Waals surface area contributed by atoms with Gasteiger partial charge in [0.1, 0.15) is 42.7 Å². The number of aliphatic hydroxyl groups is 7. The van der Waals surface area contributed by atoms with Crippen LogP contribution in [0.4, 0.5) is 0 Å². The molecule has 11 heteroatoms. The molecule has 23 heavy (non-hydrogen) atoms. The Kier molecular flexibility index (Phi) is 6.73. The maximum Gasteiger partial charge on any atom is 0.187 e. The summed E-state index contributed by atoms with van der Waals surface area (Å²) in [4.78, 5) is 0. The van der Waals surface area contributed by atoms with Crippen LogP contribution in [-0.2, 0) is 14.2 Å². The van der Waals surface area contributed by atoms with Gasteiger partial charge >= 0.3 is 0 Å². The second-order valence-corrected chi connectivity index (χ2v) is 6.15. The smallest absolute Gasteiger partial charge is 0.187 e. The van der Waals surface area contributed by atoms with Crippen LogP contribution in [0.15, 0.2) is 0 Å². The number of aliphatic hydroxyl groups excluding tert-OH is 7. The zero-order chi connectivity index (χ0) is 17.3. The fourth-order valence-electron chi connectivity index (χ4n) is 2.53. The van der Waals surface area contributed by atoms with Crippen LogP contribution in [0.25, 0.3) is 0 Å². The van der Waals surface area contributed by atoms with Crippen molar-refractivity contribution in [3.05, 3.63) is 0 Å². The highest BCUT2D eigenvalue weighted by Crippen LogP contribution is 2.28. The topological polar surface area (TPSA) is 169 Å². The molecule has 2 rings (SSSR count). The number of halogens is 1. The molecule has 0 saturated carbocycles. The summed E-state index contributed by atoms with van der Waals surface area (Å²) in [5.41, 5.74) is 0. The summed E-state index contributed by atoms with van der Waals surface area (Å²) >= 11 is 3.08. The molecule has 136 valence electrons. The maximum absolute atomic E-state index is 9.98. The average Bonchev–Trinajstić information content (AvgIpc) is 2.54. The van der Waals surface area contributed by atoms with Crippen molar-refractivity contribution >= 4 is 15.9 Å². The molecule has 2 fully saturated rings. The Hall–Kier alpha value is 0.0800. The third-order valence-electron chi connectivity index (χ3n) is 3.95. The molecule has 2 aliphatic heterocycles. The van der Waals surface area contributed by atoms with Gasteiger partial charge in [-0.3, -0.25) is 0 Å². The van der Waals surface area contributed by atoms with Gasteiger partial charge in [-0.2, -0.15) is 0 Å². The Morgan fingerprint density at radius 3 is 1.96 bits per heavy atom. The SMILES string of the molecule is OC[C@H]1O[C@H](O)[C@H](O[C@H]2O[C@H](CBr)[C@@H](O)[C@H](O)[C@H]2O)[C@@H](O)[C@@H]1O. The number of alkyl halides is 1. The van der Waals surface area contributed by atoms with Crippen molar-refractivity contribution in [2.24, 2.45) is 0 Å². The highest BCUT2D eigenvalue weighted by molar-refractivity contribution is 9.09. The highest BCUT2D eigenvalue weighted by atomic mass is 79.9. The lowest BCUT2D eigenvalue weighted by Gasteiger charge is -2.45. The number of rotatable bonds is 4. The zero-order valence-corrected chi connectivity index (χ0v) is 13.5. The van der Waals surface area contributed by atoms with Gasteiger partial charge in [0.15, 0.2) is 12.6 Å². The van der Waals surface area contributed by atoms with E-state index in [1.54, 1.807) is 0 Å². The molecular weight excluding hydrogens is 384 g/mol. The van der Waals surface area contributed by atoms with Gasteiger partial charge in [-0.25, -0.2) is 0 Å². The van der Waals surface area contributed by atoms with E-state index in [1.807, 2.05) is 0 Å². The van der Waals surface area contributed by atoms with Gasteiger partial charge in [0.25, 0.3) is 0 Å². The van der Waals surface area contributed by atoms with Crippen molar-refractivity contribution in [2.45, 2.75) is 61.4 Å². The largest absolute Gasteiger partial charge is 0.394 e. The molecule has 0 spiro atoms. The van der Waals surface area contributed by atoms with Crippen molar-refractivity contribution < 1.29 is 50.0 Å². The van der Waals surface area contributed by atoms with Crippen LogP contribution in [0.2, 0.25) is 0 Å². The average molecular weight is 405 g/mol. The third-order valence-corrected chi connectivity index (χ3v) is 4.59. The highest BCUT2D eigenvalue weighted by Gasteiger charge is 2.49. The van der Waals surface area contributed by atoms with E-state index in [2.05, 4.69) is 15.9 Å². The molecule has 0 aromatic heterocycles. The molecule has 0 amide bonds. The van der Waals surface area contributed by atoms with Crippen LogP contribution >= 0.6 is 15.9 Å². The molecule has 0 radical (unpaired) electrons. The lowest BCUT2D eigenvalue weighted by Crippen LogP contribution is -2.64. The molecule has 7 N–H and O–H groups in total. The Bertz CT molecular complexity index is 385. The van der Waals surface area contributed by atoms with E-state index < -0.39 is 68.0 Å². The van der Waals surface area contributed by atoms with Gasteiger partial charge in [0.2, 0.25) is 0 Å². The van der Waals surface area contributed by atoms with Gasteiger partial charge < -0.3 is 50.0 Å². The van der Waals surface area contributed by atoms with Crippen LogP contribution in [0.3, 0.4) is 0 Å². The normalized spacial score (nSPS) is 51.7. The summed E-state index contributed by atoms with van der Waals surface area (Å²) in [5.74, 6) is 0. The van der Waals surface area contributed by atoms with E-state index in [-0.39, 0.29) is 5.33 Å². The second kappa shape index (κ2) is 7.97. The first-order valence-electron chi connectivity index (χ1n) is 7.03. The predicted octanol–water partition coefficient (Wildman–Crippen LogP) is -3.99. The fourth-order valence-corrected chi connectivity index (χ4v) is 3.07. The monoisotopic (exact) mass is 404 g/mol. The van der Waals surface area contributed by atoms with Crippen LogP contribution in [0.1, 0.15) is 0 Å². The number of ether oxygens (including phenoxy) is 3. The first-order valence-corrected chi connectivity index (χ1v) is 8.15. The van der Waals surface area contributed by atoms with Gasteiger partial charge in [-0.05, 0) is 0 Å². The Balaban J connectivity index is 2.08. The summed E-state index contributed by atoms with van der Waals surface area (Å²) in [7, 11) is 0. The molecule has 10 atom stereocenters. The van der Waals surface area contributed by atoms with Crippen LogP contribution in [0.5, 0.6) is 0 Å². The quantitative estimate of drug-likeness (QED) is 0.229. The van der Waals surface area contributed by atoms with E-state index >= 15 is 0 Å². The first-order chi connectivity index (χ1) is 10.8. The van der Waals surface area contributed by atoms with Crippen molar-refractivity contribution in [3.8, 4) is 0 Å². The van der Waals surface area contributed by atoms with E-state index in [1.165, 1.54) is 0 Å². The lowest BCUT2D eigenvalue weighted by molar-refractivity contribution is -0.358. The van der Waals surface area contributed by atoms with E-state index in [4.69, 9.17) is 19.3 Å². The minimum Gasteiger partial charge on any atom is -0.394 e. The van der Waals surface area contributed by atoms with E-state index in [0.717, 1.165) is 0 Å². The molecule has 10 nitrogen and oxygen atoms in total. The van der Waals surface area contributed by atoms with Crippen LogP contribution < -0.4 is 0 Å². The summed E-state index contributed by atoms with van der Waals surface area (Å²) in [6.07, 6.45) is -14.5. The molecular formula is C12H21BrO10. The Morgan fingerprint density at radius 1 is 0.783 bits per heavy atom. The molecule has 0 aromatic carbocycles. The Labute approximate surface area is 140 Å². The molecule has 0 bridgehead atoms. The van der Waals surface area contributed by atoms with Crippen LogP contribution in [0, 0.1) is 0 Å². The zero-order valence-electron chi connectivity index (χ0n) is 11.9. The van der Waals surface area contributed by atoms with Gasteiger partial charge in [-0.15, -0.1) is 0 Å². The van der Waals surface area contributed by atoms with E-state index in [0.29, 0.717) is 0 Å². The van der Waals surface area contributed by atoms with Crippen LogP contribution in [-0.4, -0.2) is 109 Å². The summed E-state index contributed by atoms with van der Waals surface area (Å²) < 4.78 is 15.5. The maximum atomic E-state index is 9.98. The third kappa shape index (κ3) is 3.85. The lowest BCUT2D eigenvalue weighted by atomic mass is 9.97. The molecule has 2 saturated heterocycles.